The summed E-state index contributed by atoms with van der Waals surface area (Å²) in [6, 6.07) is 9.04. The monoisotopic (exact) mass is 397 g/mol. The van der Waals surface area contributed by atoms with Gasteiger partial charge in [-0.2, -0.15) is 0 Å². The molecular formula is C23H27NO5. The Hall–Kier alpha value is -2.57. The van der Waals surface area contributed by atoms with Crippen molar-refractivity contribution in [1.82, 2.24) is 4.90 Å². The van der Waals surface area contributed by atoms with Gasteiger partial charge in [0.15, 0.2) is 5.78 Å². The predicted molar refractivity (Wildman–Crippen MR) is 109 cm³/mol. The molecule has 0 spiro atoms. The van der Waals surface area contributed by atoms with Gasteiger partial charge in [0, 0.05) is 24.1 Å². The van der Waals surface area contributed by atoms with Gasteiger partial charge >= 0.3 is 0 Å². The molecule has 2 aliphatic rings. The van der Waals surface area contributed by atoms with Crippen molar-refractivity contribution >= 4 is 5.78 Å². The number of likely N-dealkylation sites (N-methyl/N-ethyl adjacent to an activating group) is 1. The summed E-state index contributed by atoms with van der Waals surface area (Å²) in [7, 11) is 1.93. The molecule has 0 saturated carbocycles. The molecule has 6 nitrogen and oxygen atoms in total. The van der Waals surface area contributed by atoms with E-state index in [0.717, 1.165) is 24.1 Å². The van der Waals surface area contributed by atoms with Crippen LogP contribution in [-0.2, 0) is 6.42 Å². The number of benzene rings is 2. The molecule has 1 saturated heterocycles. The van der Waals surface area contributed by atoms with Crippen LogP contribution < -0.4 is 4.74 Å². The molecule has 4 rings (SSSR count). The lowest BCUT2D eigenvalue weighted by molar-refractivity contribution is 0.0592. The van der Waals surface area contributed by atoms with E-state index in [9.17, 15) is 20.1 Å². The van der Waals surface area contributed by atoms with Crippen LogP contribution in [0.1, 0.15) is 58.8 Å². The molecule has 0 amide bonds. The van der Waals surface area contributed by atoms with E-state index >= 15 is 0 Å². The summed E-state index contributed by atoms with van der Waals surface area (Å²) in [5.74, 6) is -0.803. The van der Waals surface area contributed by atoms with Crippen LogP contribution in [0.5, 0.6) is 17.2 Å². The predicted octanol–water partition coefficient (Wildman–Crippen LogP) is 3.15. The Labute approximate surface area is 170 Å². The fourth-order valence-corrected chi connectivity index (χ4v) is 4.62. The van der Waals surface area contributed by atoms with Gasteiger partial charge in [-0.1, -0.05) is 31.2 Å². The van der Waals surface area contributed by atoms with Crippen LogP contribution in [0.3, 0.4) is 0 Å². The van der Waals surface area contributed by atoms with Crippen molar-refractivity contribution in [1.29, 1.82) is 0 Å². The molecule has 2 aromatic rings. The number of carbonyl (C=O) groups excluding carboxylic acids is 1. The molecule has 2 aromatic carbocycles. The Bertz CT molecular complexity index is 941. The van der Waals surface area contributed by atoms with Crippen LogP contribution in [0, 0.1) is 0 Å². The van der Waals surface area contributed by atoms with Gasteiger partial charge in [0.05, 0.1) is 12.5 Å². The number of aliphatic hydroxyl groups is 1. The van der Waals surface area contributed by atoms with Crippen molar-refractivity contribution in [3.8, 4) is 17.2 Å². The number of piperidine rings is 1. The van der Waals surface area contributed by atoms with Gasteiger partial charge in [0.25, 0.3) is 0 Å². The summed E-state index contributed by atoms with van der Waals surface area (Å²) >= 11 is 0. The summed E-state index contributed by atoms with van der Waals surface area (Å²) in [5, 5.41) is 31.7. The third-order valence-corrected chi connectivity index (χ3v) is 6.13. The van der Waals surface area contributed by atoms with E-state index in [1.165, 1.54) is 6.07 Å². The third-order valence-electron chi connectivity index (χ3n) is 6.13. The van der Waals surface area contributed by atoms with Gasteiger partial charge < -0.3 is 25.0 Å². The van der Waals surface area contributed by atoms with Crippen LogP contribution in [0.15, 0.2) is 30.3 Å². The molecule has 29 heavy (non-hydrogen) atoms. The Kier molecular flexibility index (Phi) is 5.23. The Balaban J connectivity index is 1.81. The lowest BCUT2D eigenvalue weighted by Crippen LogP contribution is -2.40. The highest BCUT2D eigenvalue weighted by molar-refractivity contribution is 6.03. The maximum Gasteiger partial charge on any atom is 0.174 e. The minimum atomic E-state index is -0.699. The fraction of sp³-hybridized carbons (Fsp3) is 0.435. The highest BCUT2D eigenvalue weighted by atomic mass is 16.5. The standard InChI is InChI=1S/C23H27NO5/c1-3-13-6-4-5-7-14(13)20-11-18(27)22-17(26)10-16(25)21(23(22)29-20)15-8-9-24(2)12-19(15)28/h4-7,10,15,19-20,25-26,28H,3,8-9,11-12H2,1-2H3/t15-,19+,20?/m1/s1. The second-order valence-electron chi connectivity index (χ2n) is 8.04. The van der Waals surface area contributed by atoms with Crippen LogP contribution in [-0.4, -0.2) is 52.2 Å². The molecule has 0 radical (unpaired) electrons. The van der Waals surface area contributed by atoms with Crippen molar-refractivity contribution in [2.75, 3.05) is 20.1 Å². The average Bonchev–Trinajstić information content (AvgIpc) is 2.68. The fourth-order valence-electron chi connectivity index (χ4n) is 4.62. The van der Waals surface area contributed by atoms with Crippen molar-refractivity contribution < 1.29 is 24.9 Å². The summed E-state index contributed by atoms with van der Waals surface area (Å²) in [4.78, 5) is 15.0. The first kappa shape index (κ1) is 19.7. The zero-order valence-electron chi connectivity index (χ0n) is 16.8. The third kappa shape index (κ3) is 3.47. The number of nitrogens with zero attached hydrogens (tertiary/aromatic N) is 1. The molecule has 154 valence electrons. The van der Waals surface area contributed by atoms with Crippen molar-refractivity contribution in [3.63, 3.8) is 0 Å². The number of aliphatic hydroxyl groups excluding tert-OH is 1. The normalized spacial score (nSPS) is 24.8. The van der Waals surface area contributed by atoms with Gasteiger partial charge in [-0.25, -0.2) is 0 Å². The highest BCUT2D eigenvalue weighted by Gasteiger charge is 2.39. The maximum atomic E-state index is 13.0. The molecule has 2 heterocycles. The van der Waals surface area contributed by atoms with E-state index in [2.05, 4.69) is 6.92 Å². The number of aryl methyl sites for hydroxylation is 1. The summed E-state index contributed by atoms with van der Waals surface area (Å²) in [6.45, 7) is 3.28. The van der Waals surface area contributed by atoms with Crippen molar-refractivity contribution in [3.05, 3.63) is 52.6 Å². The lowest BCUT2D eigenvalue weighted by Gasteiger charge is -2.37. The number of likely N-dealkylation sites (tertiary alicyclic amines) is 1. The zero-order valence-corrected chi connectivity index (χ0v) is 16.8. The molecule has 1 unspecified atom stereocenters. The van der Waals surface area contributed by atoms with E-state index in [1.807, 2.05) is 36.2 Å². The lowest BCUT2D eigenvalue weighted by atomic mass is 9.82. The van der Waals surface area contributed by atoms with Gasteiger partial charge in [0.1, 0.15) is 28.9 Å². The van der Waals surface area contributed by atoms with Crippen molar-refractivity contribution in [2.45, 2.75) is 44.3 Å². The number of ether oxygens (including phenoxy) is 1. The number of phenolic OH excluding ortho intramolecular Hbond substituents is 2. The largest absolute Gasteiger partial charge is 0.507 e. The van der Waals surface area contributed by atoms with E-state index < -0.39 is 12.2 Å². The SMILES string of the molecule is CCc1ccccc1C1CC(=O)c2c(O)cc(O)c([C@@H]3CCN(C)C[C@@H]3O)c2O1. The highest BCUT2D eigenvalue weighted by Crippen LogP contribution is 2.50. The number of rotatable bonds is 3. The van der Waals surface area contributed by atoms with Crippen LogP contribution in [0.2, 0.25) is 0 Å². The van der Waals surface area contributed by atoms with Crippen LogP contribution in [0.25, 0.3) is 0 Å². The van der Waals surface area contributed by atoms with Crippen molar-refractivity contribution in [2.24, 2.45) is 0 Å². The van der Waals surface area contributed by atoms with E-state index in [1.54, 1.807) is 0 Å². The number of hydrogen-bond acceptors (Lipinski definition) is 6. The number of ketones is 1. The Morgan fingerprint density at radius 1 is 1.21 bits per heavy atom. The summed E-state index contributed by atoms with van der Waals surface area (Å²) in [5.41, 5.74) is 2.56. The van der Waals surface area contributed by atoms with E-state index in [0.29, 0.717) is 18.5 Å². The number of Topliss-reactive ketones (excluding diaryl/α,β-unsaturated/α-hetero) is 1. The molecule has 3 atom stereocenters. The van der Waals surface area contributed by atoms with Crippen LogP contribution in [0.4, 0.5) is 0 Å². The molecule has 0 aromatic heterocycles. The van der Waals surface area contributed by atoms with Gasteiger partial charge in [0.2, 0.25) is 0 Å². The molecule has 6 heteroatoms. The van der Waals surface area contributed by atoms with Crippen LogP contribution >= 0.6 is 0 Å². The molecule has 3 N–H and O–H groups in total. The van der Waals surface area contributed by atoms with Gasteiger partial charge in [-0.3, -0.25) is 4.79 Å². The zero-order chi connectivity index (χ0) is 20.7. The second-order valence-corrected chi connectivity index (χ2v) is 8.04. The van der Waals surface area contributed by atoms with E-state index in [4.69, 9.17) is 4.74 Å². The number of phenols is 2. The Morgan fingerprint density at radius 2 is 1.97 bits per heavy atom. The first-order valence-corrected chi connectivity index (χ1v) is 10.1. The molecule has 0 aliphatic carbocycles. The molecule has 1 fully saturated rings. The number of fused-ring (bicyclic) bond motifs is 1. The summed E-state index contributed by atoms with van der Waals surface area (Å²) in [6.07, 6.45) is 0.362. The molecular weight excluding hydrogens is 370 g/mol. The molecule has 0 bridgehead atoms. The number of aromatic hydroxyl groups is 2. The average molecular weight is 397 g/mol. The first-order chi connectivity index (χ1) is 13.9. The Morgan fingerprint density at radius 3 is 2.69 bits per heavy atom. The van der Waals surface area contributed by atoms with Gasteiger partial charge in [-0.15, -0.1) is 0 Å². The van der Waals surface area contributed by atoms with Gasteiger partial charge in [-0.05, 0) is 37.6 Å². The minimum Gasteiger partial charge on any atom is -0.507 e. The summed E-state index contributed by atoms with van der Waals surface area (Å²) < 4.78 is 6.29. The first-order valence-electron chi connectivity index (χ1n) is 10.1. The second kappa shape index (κ2) is 7.69. The topological polar surface area (TPSA) is 90.2 Å². The minimum absolute atomic E-state index is 0.106. The maximum absolute atomic E-state index is 13.0. The number of β-amino-alcohol motifs (C(OH)–C–C–N with tert-alkyl or cyclic N) is 1. The number of hydrogen-bond donors (Lipinski definition) is 3. The number of carbonyl (C=O) groups is 1. The molecule has 2 aliphatic heterocycles. The van der Waals surface area contributed by atoms with E-state index in [-0.39, 0.29) is 40.9 Å². The smallest absolute Gasteiger partial charge is 0.174 e. The quantitative estimate of drug-likeness (QED) is 0.737.